The van der Waals surface area contributed by atoms with Crippen LogP contribution >= 0.6 is 0 Å². The van der Waals surface area contributed by atoms with Crippen LogP contribution in [0.2, 0.25) is 0 Å². The predicted molar refractivity (Wildman–Crippen MR) is 73.6 cm³/mol. The van der Waals surface area contributed by atoms with Gasteiger partial charge in [-0.1, -0.05) is 0 Å². The second-order valence-corrected chi connectivity index (χ2v) is 7.73. The zero-order valence-electron chi connectivity index (χ0n) is 12.3. The van der Waals surface area contributed by atoms with Gasteiger partial charge in [-0.25, -0.2) is 0 Å². The number of likely N-dealkylation sites (tertiary alicyclic amines) is 1. The Hall–Kier alpha value is -0.900. The number of carbonyl (C=O) groups is 2. The molecule has 2 N–H and O–H groups in total. The van der Waals surface area contributed by atoms with E-state index < -0.39 is 0 Å². The molecule has 2 amide bonds. The Kier molecular flexibility index (Phi) is 2.75. The normalized spacial score (nSPS) is 46.5. The minimum atomic E-state index is -0.126. The molecule has 4 bridgehead atoms. The van der Waals surface area contributed by atoms with Crippen molar-refractivity contribution in [2.45, 2.75) is 63.5 Å². The van der Waals surface area contributed by atoms with Crippen molar-refractivity contribution in [2.24, 2.45) is 17.8 Å². The first-order valence-corrected chi connectivity index (χ1v) is 8.29. The van der Waals surface area contributed by atoms with Crippen LogP contribution in [0.4, 0.5) is 0 Å². The molecule has 1 aliphatic heterocycles. The summed E-state index contributed by atoms with van der Waals surface area (Å²) in [6, 6.07) is -0.126. The lowest BCUT2D eigenvalue weighted by Gasteiger charge is -2.55. The van der Waals surface area contributed by atoms with Crippen LogP contribution in [-0.2, 0) is 9.59 Å². The summed E-state index contributed by atoms with van der Waals surface area (Å²) in [5.41, 5.74) is 0.291. The van der Waals surface area contributed by atoms with Crippen LogP contribution < -0.4 is 5.32 Å². The number of quaternary nitrogens is 1. The summed E-state index contributed by atoms with van der Waals surface area (Å²) in [5.74, 6) is 2.78. The van der Waals surface area contributed by atoms with Gasteiger partial charge in [0.15, 0.2) is 6.04 Å². The Morgan fingerprint density at radius 3 is 2.10 bits per heavy atom. The maximum Gasteiger partial charge on any atom is 0.287 e. The second kappa shape index (κ2) is 4.30. The van der Waals surface area contributed by atoms with Crippen molar-refractivity contribution in [3.63, 3.8) is 0 Å². The molecule has 1 atom stereocenters. The minimum Gasteiger partial charge on any atom is -0.331 e. The maximum atomic E-state index is 12.3. The quantitative estimate of drug-likeness (QED) is 0.771. The lowest BCUT2D eigenvalue weighted by molar-refractivity contribution is -0.755. The van der Waals surface area contributed by atoms with Gasteiger partial charge in [-0.2, -0.15) is 0 Å². The molecular weight excluding hydrogens is 252 g/mol. The highest BCUT2D eigenvalue weighted by atomic mass is 16.2. The van der Waals surface area contributed by atoms with E-state index in [9.17, 15) is 9.59 Å². The van der Waals surface area contributed by atoms with E-state index in [0.717, 1.165) is 17.8 Å². The SMILES string of the molecule is CCN1C(=O)C[C@H]([NH2+]C23CC4CC(CC(C4)C2)C3)C1=O. The Bertz CT molecular complexity index is 424. The molecule has 5 fully saturated rings. The molecule has 4 heteroatoms. The summed E-state index contributed by atoms with van der Waals surface area (Å²) in [6.45, 7) is 2.42. The monoisotopic (exact) mass is 277 g/mol. The summed E-state index contributed by atoms with van der Waals surface area (Å²) in [6.07, 6.45) is 8.53. The molecule has 20 heavy (non-hydrogen) atoms. The molecule has 0 aromatic carbocycles. The van der Waals surface area contributed by atoms with Crippen molar-refractivity contribution in [2.75, 3.05) is 6.54 Å². The number of likely N-dealkylation sites (N-methyl/N-ethyl adjacent to an activating group) is 1. The largest absolute Gasteiger partial charge is 0.331 e. The average molecular weight is 277 g/mol. The summed E-state index contributed by atoms with van der Waals surface area (Å²) in [7, 11) is 0. The van der Waals surface area contributed by atoms with Crippen molar-refractivity contribution < 1.29 is 14.9 Å². The number of hydrogen-bond acceptors (Lipinski definition) is 2. The molecule has 0 aromatic rings. The topological polar surface area (TPSA) is 54.0 Å². The fourth-order valence-corrected chi connectivity index (χ4v) is 5.98. The van der Waals surface area contributed by atoms with Crippen LogP contribution in [0.3, 0.4) is 0 Å². The van der Waals surface area contributed by atoms with Gasteiger partial charge in [0.05, 0.1) is 12.0 Å². The van der Waals surface area contributed by atoms with Gasteiger partial charge < -0.3 is 5.32 Å². The summed E-state index contributed by atoms with van der Waals surface area (Å²) >= 11 is 0. The van der Waals surface area contributed by atoms with Crippen molar-refractivity contribution in [3.05, 3.63) is 0 Å². The van der Waals surface area contributed by atoms with Crippen LogP contribution in [0.15, 0.2) is 0 Å². The smallest absolute Gasteiger partial charge is 0.287 e. The van der Waals surface area contributed by atoms with Gasteiger partial charge in [0, 0.05) is 25.8 Å². The Morgan fingerprint density at radius 2 is 1.65 bits per heavy atom. The first-order chi connectivity index (χ1) is 9.58. The number of rotatable bonds is 3. The fourth-order valence-electron chi connectivity index (χ4n) is 5.98. The van der Waals surface area contributed by atoms with Crippen molar-refractivity contribution in [1.82, 2.24) is 4.90 Å². The summed E-state index contributed by atoms with van der Waals surface area (Å²) in [4.78, 5) is 25.7. The molecule has 4 saturated carbocycles. The Balaban J connectivity index is 1.52. The zero-order chi connectivity index (χ0) is 13.9. The molecule has 0 unspecified atom stereocenters. The number of hydrogen-bond donors (Lipinski definition) is 1. The van der Waals surface area contributed by atoms with Gasteiger partial charge in [-0.05, 0) is 43.9 Å². The van der Waals surface area contributed by atoms with E-state index in [-0.39, 0.29) is 17.9 Å². The van der Waals surface area contributed by atoms with E-state index in [1.807, 2.05) is 6.92 Å². The van der Waals surface area contributed by atoms with Gasteiger partial charge in [0.2, 0.25) is 5.91 Å². The third-order valence-electron chi connectivity index (χ3n) is 6.24. The highest BCUT2D eigenvalue weighted by Gasteiger charge is 2.56. The number of amides is 2. The molecule has 1 heterocycles. The molecule has 4 nitrogen and oxygen atoms in total. The van der Waals surface area contributed by atoms with Gasteiger partial charge in [-0.3, -0.25) is 14.5 Å². The van der Waals surface area contributed by atoms with E-state index in [1.165, 1.54) is 43.4 Å². The molecule has 0 spiro atoms. The fraction of sp³-hybridized carbons (Fsp3) is 0.875. The number of nitrogens with zero attached hydrogens (tertiary/aromatic N) is 1. The molecule has 0 aromatic heterocycles. The van der Waals surface area contributed by atoms with Gasteiger partial charge in [-0.15, -0.1) is 0 Å². The predicted octanol–water partition coefficient (Wildman–Crippen LogP) is 0.666. The summed E-state index contributed by atoms with van der Waals surface area (Å²) < 4.78 is 0. The first kappa shape index (κ1) is 12.8. The van der Waals surface area contributed by atoms with E-state index >= 15 is 0 Å². The van der Waals surface area contributed by atoms with Crippen LogP contribution in [-0.4, -0.2) is 34.8 Å². The second-order valence-electron chi connectivity index (χ2n) is 7.73. The third-order valence-corrected chi connectivity index (χ3v) is 6.24. The molecule has 5 aliphatic rings. The highest BCUT2D eigenvalue weighted by Crippen LogP contribution is 2.54. The third kappa shape index (κ3) is 1.84. The molecule has 5 rings (SSSR count). The molecule has 110 valence electrons. The van der Waals surface area contributed by atoms with Crippen LogP contribution in [0.1, 0.15) is 51.9 Å². The molecule has 0 radical (unpaired) electrons. The van der Waals surface area contributed by atoms with E-state index in [2.05, 4.69) is 5.32 Å². The summed E-state index contributed by atoms with van der Waals surface area (Å²) in [5, 5.41) is 2.33. The standard InChI is InChI=1S/C16H24N2O2/c1-2-18-14(19)6-13(15(18)20)17-16-7-10-3-11(8-16)5-12(4-10)9-16/h10-13,17H,2-9H2,1H3/p+1/t10?,11?,12?,13-,16?/m0/s1. The van der Waals surface area contributed by atoms with Gasteiger partial charge >= 0.3 is 0 Å². The molecule has 4 aliphatic carbocycles. The van der Waals surface area contributed by atoms with E-state index in [1.54, 1.807) is 0 Å². The molecular formula is C16H25N2O2+. The van der Waals surface area contributed by atoms with Crippen molar-refractivity contribution >= 4 is 11.8 Å². The molecule has 1 saturated heterocycles. The minimum absolute atomic E-state index is 0.0310. The Morgan fingerprint density at radius 1 is 1.10 bits per heavy atom. The highest BCUT2D eigenvalue weighted by molar-refractivity contribution is 6.04. The first-order valence-electron chi connectivity index (χ1n) is 8.29. The lowest BCUT2D eigenvalue weighted by atomic mass is 9.53. The van der Waals surface area contributed by atoms with Crippen molar-refractivity contribution in [1.29, 1.82) is 0 Å². The van der Waals surface area contributed by atoms with E-state index in [4.69, 9.17) is 0 Å². The van der Waals surface area contributed by atoms with Crippen LogP contribution in [0.5, 0.6) is 0 Å². The number of imide groups is 1. The van der Waals surface area contributed by atoms with Crippen LogP contribution in [0, 0.1) is 17.8 Å². The van der Waals surface area contributed by atoms with E-state index in [0.29, 0.717) is 18.5 Å². The van der Waals surface area contributed by atoms with Gasteiger partial charge in [0.1, 0.15) is 0 Å². The lowest BCUT2D eigenvalue weighted by Crippen LogP contribution is -3.03. The van der Waals surface area contributed by atoms with Gasteiger partial charge in [0.25, 0.3) is 5.91 Å². The van der Waals surface area contributed by atoms with Crippen molar-refractivity contribution in [3.8, 4) is 0 Å². The Labute approximate surface area is 120 Å². The number of nitrogens with two attached hydrogens (primary N) is 1. The number of carbonyl (C=O) groups excluding carboxylic acids is 2. The maximum absolute atomic E-state index is 12.3. The average Bonchev–Trinajstić information content (AvgIpc) is 2.61. The zero-order valence-corrected chi connectivity index (χ0v) is 12.3. The van der Waals surface area contributed by atoms with Crippen LogP contribution in [0.25, 0.3) is 0 Å².